The van der Waals surface area contributed by atoms with Gasteiger partial charge in [0.15, 0.2) is 0 Å². The van der Waals surface area contributed by atoms with Crippen LogP contribution in [0.3, 0.4) is 0 Å². The summed E-state index contributed by atoms with van der Waals surface area (Å²) in [7, 11) is 0. The molecule has 136 valence electrons. The summed E-state index contributed by atoms with van der Waals surface area (Å²) < 4.78 is 0. The third kappa shape index (κ3) is 4.03. The Hall–Kier alpha value is -3.89. The zero-order valence-electron chi connectivity index (χ0n) is 14.2. The average molecular weight is 364 g/mol. The van der Waals surface area contributed by atoms with Gasteiger partial charge >= 0.3 is 0 Å². The number of aromatic amines is 2. The molecule has 1 aromatic carbocycles. The number of H-pyrrole nitrogens is 2. The fourth-order valence-corrected chi connectivity index (χ4v) is 2.57. The smallest absolute Gasteiger partial charge is 0.224 e. The second-order valence-corrected chi connectivity index (χ2v) is 5.77. The largest absolute Gasteiger partial charge is 0.367 e. The zero-order valence-corrected chi connectivity index (χ0v) is 14.2. The van der Waals surface area contributed by atoms with Gasteiger partial charge in [0.2, 0.25) is 11.7 Å². The van der Waals surface area contributed by atoms with Crippen LogP contribution in [0.2, 0.25) is 0 Å². The number of fused-ring (bicyclic) bond motifs is 1. The Balaban J connectivity index is 1.25. The number of carbonyl (C=O) groups is 1. The molecule has 0 saturated heterocycles. The number of nitrogens with one attached hydrogen (secondary N) is 4. The van der Waals surface area contributed by atoms with Gasteiger partial charge in [-0.3, -0.25) is 14.9 Å². The quantitative estimate of drug-likeness (QED) is 0.342. The number of tetrazole rings is 1. The number of rotatable bonds is 7. The number of nitrogens with zero attached hydrogens (tertiary/aromatic N) is 6. The number of hydrogen-bond donors (Lipinski definition) is 4. The van der Waals surface area contributed by atoms with Crippen molar-refractivity contribution in [1.29, 1.82) is 0 Å². The fraction of sp³-hybridized carbons (Fsp3) is 0.188. The summed E-state index contributed by atoms with van der Waals surface area (Å²) >= 11 is 0. The van der Waals surface area contributed by atoms with Gasteiger partial charge in [-0.05, 0) is 22.9 Å². The highest BCUT2D eigenvalue weighted by molar-refractivity contribution is 5.82. The lowest BCUT2D eigenvalue weighted by Gasteiger charge is -2.08. The molecule has 11 nitrogen and oxygen atoms in total. The van der Waals surface area contributed by atoms with E-state index in [0.29, 0.717) is 36.8 Å². The fourth-order valence-electron chi connectivity index (χ4n) is 2.57. The summed E-state index contributed by atoms with van der Waals surface area (Å²) in [5.41, 5.74) is 2.40. The highest BCUT2D eigenvalue weighted by atomic mass is 16.1. The van der Waals surface area contributed by atoms with Gasteiger partial charge in [0.1, 0.15) is 11.5 Å². The number of aromatic nitrogens is 8. The maximum atomic E-state index is 12.1. The van der Waals surface area contributed by atoms with Crippen LogP contribution >= 0.6 is 0 Å². The molecule has 27 heavy (non-hydrogen) atoms. The van der Waals surface area contributed by atoms with Gasteiger partial charge in [-0.2, -0.15) is 10.3 Å². The molecule has 11 heteroatoms. The van der Waals surface area contributed by atoms with Crippen molar-refractivity contribution in [2.24, 2.45) is 0 Å². The van der Waals surface area contributed by atoms with E-state index in [1.54, 1.807) is 18.6 Å². The van der Waals surface area contributed by atoms with E-state index < -0.39 is 0 Å². The Labute approximate surface area is 153 Å². The normalized spacial score (nSPS) is 10.8. The molecule has 0 aliphatic heterocycles. The molecule has 0 aliphatic carbocycles. The third-order valence-corrected chi connectivity index (χ3v) is 3.83. The monoisotopic (exact) mass is 364 g/mol. The molecule has 4 rings (SSSR count). The first-order valence-electron chi connectivity index (χ1n) is 8.26. The van der Waals surface area contributed by atoms with Crippen molar-refractivity contribution >= 4 is 22.6 Å². The van der Waals surface area contributed by atoms with Gasteiger partial charge < -0.3 is 10.6 Å². The standard InChI is InChI=1S/C16H16N10O/c27-15(6-10-1-2-12-11(5-10)7-20-22-12)19-4-3-18-14-9-17-8-13(21-14)16-23-25-26-24-16/h1-2,5,7-9H,3-4,6H2,(H,18,21)(H,19,27)(H,20,22)(H,23,24,25,26). The molecule has 0 aliphatic rings. The molecule has 0 atom stereocenters. The topological polar surface area (TPSA) is 150 Å². The molecule has 0 spiro atoms. The van der Waals surface area contributed by atoms with Gasteiger partial charge in [-0.15, -0.1) is 10.2 Å². The molecule has 0 unspecified atom stereocenters. The number of benzene rings is 1. The van der Waals surface area contributed by atoms with Crippen molar-refractivity contribution in [3.05, 3.63) is 42.4 Å². The Morgan fingerprint density at radius 1 is 1.15 bits per heavy atom. The SMILES string of the molecule is O=C(Cc1ccc2[nH]ncc2c1)NCCNc1cncc(-c2nn[nH]n2)n1. The summed E-state index contributed by atoms with van der Waals surface area (Å²) in [6, 6.07) is 5.79. The van der Waals surface area contributed by atoms with Crippen molar-refractivity contribution in [3.63, 3.8) is 0 Å². The number of anilines is 1. The molecule has 3 heterocycles. The lowest BCUT2D eigenvalue weighted by atomic mass is 10.1. The van der Waals surface area contributed by atoms with Crippen molar-refractivity contribution in [2.45, 2.75) is 6.42 Å². The predicted octanol–water partition coefficient (Wildman–Crippen LogP) is 0.304. The van der Waals surface area contributed by atoms with Crippen LogP contribution in [0.1, 0.15) is 5.56 Å². The first kappa shape index (κ1) is 16.6. The summed E-state index contributed by atoms with van der Waals surface area (Å²) in [4.78, 5) is 20.5. The van der Waals surface area contributed by atoms with Crippen LogP contribution in [0.15, 0.2) is 36.8 Å². The van der Waals surface area contributed by atoms with E-state index in [-0.39, 0.29) is 5.91 Å². The predicted molar refractivity (Wildman–Crippen MR) is 96.5 cm³/mol. The van der Waals surface area contributed by atoms with E-state index in [2.05, 4.69) is 51.4 Å². The molecule has 3 aromatic heterocycles. The van der Waals surface area contributed by atoms with E-state index in [9.17, 15) is 4.79 Å². The van der Waals surface area contributed by atoms with E-state index >= 15 is 0 Å². The minimum atomic E-state index is -0.0497. The van der Waals surface area contributed by atoms with Crippen LogP contribution in [0, 0.1) is 0 Å². The average Bonchev–Trinajstić information content (AvgIpc) is 3.37. The van der Waals surface area contributed by atoms with Crippen LogP contribution in [0.25, 0.3) is 22.4 Å². The molecule has 4 N–H and O–H groups in total. The summed E-state index contributed by atoms with van der Waals surface area (Å²) in [5, 5.41) is 27.4. The summed E-state index contributed by atoms with van der Waals surface area (Å²) in [6.45, 7) is 0.970. The van der Waals surface area contributed by atoms with Crippen LogP contribution in [0.5, 0.6) is 0 Å². The van der Waals surface area contributed by atoms with Gasteiger partial charge in [0.05, 0.1) is 30.5 Å². The van der Waals surface area contributed by atoms with Crippen LogP contribution in [0.4, 0.5) is 5.82 Å². The molecular weight excluding hydrogens is 348 g/mol. The van der Waals surface area contributed by atoms with Crippen molar-refractivity contribution in [2.75, 3.05) is 18.4 Å². The van der Waals surface area contributed by atoms with Crippen molar-refractivity contribution < 1.29 is 4.79 Å². The second kappa shape index (κ2) is 7.56. The highest BCUT2D eigenvalue weighted by Crippen LogP contribution is 2.13. The Bertz CT molecular complexity index is 1040. The molecule has 0 radical (unpaired) electrons. The Kier molecular flexibility index (Phi) is 4.64. The van der Waals surface area contributed by atoms with E-state index in [1.807, 2.05) is 18.2 Å². The number of amides is 1. The van der Waals surface area contributed by atoms with E-state index in [1.165, 1.54) is 0 Å². The lowest BCUT2D eigenvalue weighted by molar-refractivity contribution is -0.120. The summed E-state index contributed by atoms with van der Waals surface area (Å²) in [5.74, 6) is 0.886. The first-order chi connectivity index (χ1) is 13.3. The maximum absolute atomic E-state index is 12.1. The first-order valence-corrected chi connectivity index (χ1v) is 8.26. The Morgan fingerprint density at radius 2 is 2.11 bits per heavy atom. The zero-order chi connectivity index (χ0) is 18.5. The third-order valence-electron chi connectivity index (χ3n) is 3.83. The molecule has 4 aromatic rings. The molecule has 0 bridgehead atoms. The second-order valence-electron chi connectivity index (χ2n) is 5.77. The minimum absolute atomic E-state index is 0.0497. The van der Waals surface area contributed by atoms with E-state index in [0.717, 1.165) is 16.5 Å². The van der Waals surface area contributed by atoms with E-state index in [4.69, 9.17) is 0 Å². The van der Waals surface area contributed by atoms with Crippen LogP contribution in [-0.4, -0.2) is 59.8 Å². The minimum Gasteiger partial charge on any atom is -0.367 e. The number of hydrogen-bond acceptors (Lipinski definition) is 8. The number of carbonyl (C=O) groups excluding carboxylic acids is 1. The summed E-state index contributed by atoms with van der Waals surface area (Å²) in [6.07, 6.45) is 5.19. The van der Waals surface area contributed by atoms with Crippen molar-refractivity contribution in [1.82, 2.24) is 46.1 Å². The Morgan fingerprint density at radius 3 is 3.00 bits per heavy atom. The van der Waals surface area contributed by atoms with Crippen LogP contribution < -0.4 is 10.6 Å². The molecule has 0 saturated carbocycles. The highest BCUT2D eigenvalue weighted by Gasteiger charge is 2.07. The van der Waals surface area contributed by atoms with Gasteiger partial charge in [-0.25, -0.2) is 4.98 Å². The molecule has 0 fully saturated rings. The lowest BCUT2D eigenvalue weighted by Crippen LogP contribution is -2.30. The molecule has 1 amide bonds. The maximum Gasteiger partial charge on any atom is 0.224 e. The van der Waals surface area contributed by atoms with Gasteiger partial charge in [-0.1, -0.05) is 6.07 Å². The molecular formula is C16H16N10O. The van der Waals surface area contributed by atoms with Gasteiger partial charge in [0, 0.05) is 18.5 Å². The van der Waals surface area contributed by atoms with Gasteiger partial charge in [0.25, 0.3) is 0 Å². The van der Waals surface area contributed by atoms with Crippen molar-refractivity contribution in [3.8, 4) is 11.5 Å². The van der Waals surface area contributed by atoms with Crippen LogP contribution in [-0.2, 0) is 11.2 Å².